The van der Waals surface area contributed by atoms with Crippen molar-refractivity contribution in [3.63, 3.8) is 0 Å². The quantitative estimate of drug-likeness (QED) is 0.786. The number of nitrogens with zero attached hydrogens (tertiary/aromatic N) is 1. The summed E-state index contributed by atoms with van der Waals surface area (Å²) in [7, 11) is 3.27. The third-order valence-corrected chi connectivity index (χ3v) is 3.24. The third-order valence-electron chi connectivity index (χ3n) is 3.24. The number of furan rings is 1. The Morgan fingerprint density at radius 1 is 1.59 bits per heavy atom. The SMILES string of the molecule is COCC(=O)N(C)Cc1ccc(C2CC2C)o1. The first kappa shape index (κ1) is 12.2. The molecule has 0 spiro atoms. The predicted octanol–water partition coefficient (Wildman–Crippen LogP) is 2.01. The molecule has 0 N–H and O–H groups in total. The van der Waals surface area contributed by atoms with E-state index < -0.39 is 0 Å². The minimum absolute atomic E-state index is 0.0368. The van der Waals surface area contributed by atoms with Crippen LogP contribution in [0.5, 0.6) is 0 Å². The Kier molecular flexibility index (Phi) is 3.52. The fourth-order valence-corrected chi connectivity index (χ4v) is 1.95. The van der Waals surface area contributed by atoms with Gasteiger partial charge >= 0.3 is 0 Å². The monoisotopic (exact) mass is 237 g/mol. The second kappa shape index (κ2) is 4.92. The van der Waals surface area contributed by atoms with E-state index in [2.05, 4.69) is 6.92 Å². The Morgan fingerprint density at radius 3 is 2.88 bits per heavy atom. The first-order valence-electron chi connectivity index (χ1n) is 5.93. The van der Waals surface area contributed by atoms with Crippen molar-refractivity contribution in [3.05, 3.63) is 23.7 Å². The highest BCUT2D eigenvalue weighted by Crippen LogP contribution is 2.47. The van der Waals surface area contributed by atoms with Gasteiger partial charge in [0, 0.05) is 20.1 Å². The molecule has 4 heteroatoms. The molecule has 4 nitrogen and oxygen atoms in total. The van der Waals surface area contributed by atoms with Crippen LogP contribution in [-0.4, -0.2) is 31.6 Å². The zero-order valence-corrected chi connectivity index (χ0v) is 10.6. The molecule has 0 aliphatic heterocycles. The highest BCUT2D eigenvalue weighted by molar-refractivity contribution is 5.77. The van der Waals surface area contributed by atoms with Gasteiger partial charge in [-0.05, 0) is 24.5 Å². The van der Waals surface area contributed by atoms with Crippen molar-refractivity contribution in [2.75, 3.05) is 20.8 Å². The highest BCUT2D eigenvalue weighted by Gasteiger charge is 2.36. The summed E-state index contributed by atoms with van der Waals surface area (Å²) in [4.78, 5) is 13.1. The lowest BCUT2D eigenvalue weighted by atomic mass is 10.3. The maximum Gasteiger partial charge on any atom is 0.248 e. The van der Waals surface area contributed by atoms with Crippen molar-refractivity contribution in [3.8, 4) is 0 Å². The average Bonchev–Trinajstić information content (AvgIpc) is 2.84. The number of ether oxygens (including phenoxy) is 1. The summed E-state index contributed by atoms with van der Waals surface area (Å²) in [6.07, 6.45) is 1.21. The molecule has 1 saturated carbocycles. The lowest BCUT2D eigenvalue weighted by Crippen LogP contribution is -2.29. The molecular weight excluding hydrogens is 218 g/mol. The molecule has 94 valence electrons. The molecule has 0 bridgehead atoms. The van der Waals surface area contributed by atoms with Crippen molar-refractivity contribution >= 4 is 5.91 Å². The largest absolute Gasteiger partial charge is 0.464 e. The van der Waals surface area contributed by atoms with E-state index in [1.54, 1.807) is 11.9 Å². The molecule has 1 aliphatic rings. The number of rotatable bonds is 5. The van der Waals surface area contributed by atoms with Gasteiger partial charge in [-0.2, -0.15) is 0 Å². The molecule has 1 aromatic heterocycles. The number of likely N-dealkylation sites (N-methyl/N-ethyl adjacent to an activating group) is 1. The molecular formula is C13H19NO3. The van der Waals surface area contributed by atoms with Crippen LogP contribution < -0.4 is 0 Å². The van der Waals surface area contributed by atoms with Gasteiger partial charge in [0.25, 0.3) is 0 Å². The highest BCUT2D eigenvalue weighted by atomic mass is 16.5. The third kappa shape index (κ3) is 2.88. The van der Waals surface area contributed by atoms with Crippen LogP contribution in [0.25, 0.3) is 0 Å². The predicted molar refractivity (Wildman–Crippen MR) is 63.6 cm³/mol. The first-order chi connectivity index (χ1) is 8.11. The van der Waals surface area contributed by atoms with E-state index in [1.807, 2.05) is 12.1 Å². The van der Waals surface area contributed by atoms with Gasteiger partial charge in [-0.3, -0.25) is 4.79 Å². The number of carbonyl (C=O) groups is 1. The van der Waals surface area contributed by atoms with E-state index in [9.17, 15) is 4.79 Å². The van der Waals surface area contributed by atoms with E-state index in [1.165, 1.54) is 13.5 Å². The van der Waals surface area contributed by atoms with Crippen LogP contribution in [0.15, 0.2) is 16.5 Å². The number of carbonyl (C=O) groups excluding carboxylic acids is 1. The van der Waals surface area contributed by atoms with Crippen molar-refractivity contribution in [2.45, 2.75) is 25.8 Å². The average molecular weight is 237 g/mol. The summed E-state index contributed by atoms with van der Waals surface area (Å²) in [5.74, 6) is 3.18. The molecule has 0 saturated heterocycles. The first-order valence-corrected chi connectivity index (χ1v) is 5.93. The van der Waals surface area contributed by atoms with Gasteiger partial charge in [-0.1, -0.05) is 6.92 Å². The molecule has 17 heavy (non-hydrogen) atoms. The number of hydrogen-bond acceptors (Lipinski definition) is 3. The minimum atomic E-state index is -0.0368. The molecule has 1 aromatic rings. The lowest BCUT2D eigenvalue weighted by Gasteiger charge is -2.14. The van der Waals surface area contributed by atoms with Crippen LogP contribution >= 0.6 is 0 Å². The lowest BCUT2D eigenvalue weighted by molar-refractivity contribution is -0.134. The molecule has 2 rings (SSSR count). The van der Waals surface area contributed by atoms with Gasteiger partial charge in [0.1, 0.15) is 18.1 Å². The van der Waals surface area contributed by atoms with Gasteiger partial charge in [-0.15, -0.1) is 0 Å². The van der Waals surface area contributed by atoms with Crippen LogP contribution in [0.2, 0.25) is 0 Å². The van der Waals surface area contributed by atoms with Crippen LogP contribution in [0.4, 0.5) is 0 Å². The van der Waals surface area contributed by atoms with Crippen LogP contribution in [0.1, 0.15) is 30.8 Å². The maximum atomic E-state index is 11.5. The van der Waals surface area contributed by atoms with E-state index >= 15 is 0 Å². The molecule has 1 amide bonds. The van der Waals surface area contributed by atoms with Gasteiger partial charge in [0.05, 0.1) is 6.54 Å². The van der Waals surface area contributed by atoms with Crippen LogP contribution in [0.3, 0.4) is 0 Å². The maximum absolute atomic E-state index is 11.5. The van der Waals surface area contributed by atoms with E-state index in [0.29, 0.717) is 12.5 Å². The molecule has 2 unspecified atom stereocenters. The standard InChI is InChI=1S/C13H19NO3/c1-9-6-11(9)12-5-4-10(17-12)7-14(2)13(15)8-16-3/h4-5,9,11H,6-8H2,1-3H3. The Hall–Kier alpha value is -1.29. The fourth-order valence-electron chi connectivity index (χ4n) is 1.95. The zero-order chi connectivity index (χ0) is 12.4. The Labute approximate surface area is 102 Å². The molecule has 0 aromatic carbocycles. The Morgan fingerprint density at radius 2 is 2.29 bits per heavy atom. The minimum Gasteiger partial charge on any atom is -0.464 e. The van der Waals surface area contributed by atoms with Gasteiger partial charge in [-0.25, -0.2) is 0 Å². The van der Waals surface area contributed by atoms with Crippen molar-refractivity contribution in [1.29, 1.82) is 0 Å². The van der Waals surface area contributed by atoms with Gasteiger partial charge in [0.15, 0.2) is 0 Å². The van der Waals surface area contributed by atoms with Gasteiger partial charge < -0.3 is 14.1 Å². The summed E-state index contributed by atoms with van der Waals surface area (Å²) in [5, 5.41) is 0. The fraction of sp³-hybridized carbons (Fsp3) is 0.615. The zero-order valence-electron chi connectivity index (χ0n) is 10.6. The van der Waals surface area contributed by atoms with Crippen molar-refractivity contribution in [2.24, 2.45) is 5.92 Å². The van der Waals surface area contributed by atoms with Crippen molar-refractivity contribution < 1.29 is 13.9 Å². The molecule has 1 fully saturated rings. The summed E-state index contributed by atoms with van der Waals surface area (Å²) >= 11 is 0. The molecule has 2 atom stereocenters. The molecule has 1 heterocycles. The van der Waals surface area contributed by atoms with Crippen LogP contribution in [-0.2, 0) is 16.1 Å². The second-order valence-corrected chi connectivity index (χ2v) is 4.81. The van der Waals surface area contributed by atoms with E-state index in [4.69, 9.17) is 9.15 Å². The summed E-state index contributed by atoms with van der Waals surface area (Å²) in [6, 6.07) is 3.98. The number of amides is 1. The van der Waals surface area contributed by atoms with Gasteiger partial charge in [0.2, 0.25) is 5.91 Å². The van der Waals surface area contributed by atoms with Crippen molar-refractivity contribution in [1.82, 2.24) is 4.90 Å². The van der Waals surface area contributed by atoms with E-state index in [0.717, 1.165) is 17.4 Å². The summed E-state index contributed by atoms with van der Waals surface area (Å²) in [5.41, 5.74) is 0. The van der Waals surface area contributed by atoms with E-state index in [-0.39, 0.29) is 12.5 Å². The summed E-state index contributed by atoms with van der Waals surface area (Å²) in [6.45, 7) is 2.84. The topological polar surface area (TPSA) is 42.7 Å². The Bertz CT molecular complexity index is 399. The smallest absolute Gasteiger partial charge is 0.248 e. The number of methoxy groups -OCH3 is 1. The normalized spacial score (nSPS) is 22.5. The molecule has 0 radical (unpaired) electrons. The Balaban J connectivity index is 1.90. The summed E-state index contributed by atoms with van der Waals surface area (Å²) < 4.78 is 10.6. The van der Waals surface area contributed by atoms with Crippen LogP contribution in [0, 0.1) is 5.92 Å². The second-order valence-electron chi connectivity index (χ2n) is 4.81. The molecule has 1 aliphatic carbocycles. The number of hydrogen-bond donors (Lipinski definition) is 0.